The zero-order valence-electron chi connectivity index (χ0n) is 47.4. The summed E-state index contributed by atoms with van der Waals surface area (Å²) in [4.78, 5) is 0. The molecule has 0 radical (unpaired) electrons. The fraction of sp³-hybridized carbons (Fsp3) is 0.964. The summed E-state index contributed by atoms with van der Waals surface area (Å²) in [6.45, 7) is 5.78. The molecule has 0 spiro atoms. The molecule has 0 aromatic heterocycles. The third-order valence-corrected chi connectivity index (χ3v) is 21.2. The molecule has 0 aromatic rings. The molecule has 478 valence electrons. The van der Waals surface area contributed by atoms with E-state index >= 15 is 0 Å². The zero-order chi connectivity index (χ0) is 59.7. The minimum atomic E-state index is -2.02. The number of hydrogen-bond acceptors (Lipinski definition) is 27. The van der Waals surface area contributed by atoms with Crippen LogP contribution in [0.3, 0.4) is 0 Å². The Morgan fingerprint density at radius 2 is 1.07 bits per heavy atom. The van der Waals surface area contributed by atoms with Crippen molar-refractivity contribution in [1.29, 1.82) is 0 Å². The summed E-state index contributed by atoms with van der Waals surface area (Å²) in [6.07, 6.45) is -31.4. The second-order valence-corrected chi connectivity index (χ2v) is 26.1. The van der Waals surface area contributed by atoms with Crippen LogP contribution in [0.5, 0.6) is 0 Å². The molecule has 0 amide bonds. The van der Waals surface area contributed by atoms with Gasteiger partial charge in [-0.3, -0.25) is 0 Å². The van der Waals surface area contributed by atoms with Gasteiger partial charge in [-0.25, -0.2) is 0 Å². The molecule has 6 heterocycles. The average Bonchev–Trinajstić information content (AvgIpc) is 1.68. The molecule has 16 N–H and O–H groups in total. The van der Waals surface area contributed by atoms with E-state index in [1.165, 1.54) is 5.57 Å². The van der Waals surface area contributed by atoms with Gasteiger partial charge in [0.05, 0.1) is 51.5 Å². The van der Waals surface area contributed by atoms with Crippen molar-refractivity contribution in [2.45, 2.75) is 252 Å². The van der Waals surface area contributed by atoms with Crippen LogP contribution in [-0.2, 0) is 52.1 Å². The van der Waals surface area contributed by atoms with Gasteiger partial charge >= 0.3 is 0 Å². The Morgan fingerprint density at radius 1 is 0.518 bits per heavy atom. The van der Waals surface area contributed by atoms with Gasteiger partial charge in [-0.2, -0.15) is 0 Å². The Kier molecular flexibility index (Phi) is 20.3. The van der Waals surface area contributed by atoms with Crippen LogP contribution in [0, 0.1) is 46.3 Å². The predicted octanol–water partition coefficient (Wildman–Crippen LogP) is -4.54. The van der Waals surface area contributed by atoms with E-state index in [4.69, 9.17) is 52.1 Å². The van der Waals surface area contributed by atoms with Gasteiger partial charge in [0.2, 0.25) is 0 Å². The number of aliphatic hydroxyl groups is 16. The monoisotopic (exact) mass is 1200 g/mol. The van der Waals surface area contributed by atoms with Crippen molar-refractivity contribution in [3.63, 3.8) is 0 Å². The standard InChI is InChI=1S/C56H92O27/c1-21(19-73-50-44(70)40(66)37(63)31(15-57)77-50)5-8-29-22(2)35-30(76-29)14-27-25-7-6-23-13-24(9-11-55(23,3)26(25)10-12-56(27,35)4)75-52-46(72)42(68)47(34(18-60)80-52)81-54-49(83-53-45(71)41(67)38(64)32(16-58)78-53)48(39(65)33(17-59)79-54)82-51-43(69)36(62)28(61)20-74-51/h21,23-28,30-54,57-72H,5-20H2,1-4H3. The van der Waals surface area contributed by atoms with Gasteiger partial charge in [-0.1, -0.05) is 20.8 Å². The van der Waals surface area contributed by atoms with Crippen LogP contribution in [0.15, 0.2) is 11.3 Å². The van der Waals surface area contributed by atoms with E-state index in [0.29, 0.717) is 42.4 Å². The van der Waals surface area contributed by atoms with Gasteiger partial charge in [-0.05, 0) is 111 Å². The van der Waals surface area contributed by atoms with Crippen LogP contribution in [0.1, 0.15) is 91.9 Å². The molecule has 10 aliphatic rings. The van der Waals surface area contributed by atoms with Gasteiger partial charge in [0.25, 0.3) is 0 Å². The SMILES string of the molecule is CC1=C(CCC(C)COC2OC(CO)C(O)C(O)C2O)OC2CC3C4CCC5CC(OC6OC(CO)C(OC7OC(CO)C(O)C(OC8OCC(O)C(O)C8O)C7OC7OC(CO)C(O)C(O)C7O)C(O)C6O)CCC5(C)C4CCC3(C)C12. The highest BCUT2D eigenvalue weighted by Crippen LogP contribution is 2.70. The van der Waals surface area contributed by atoms with E-state index in [9.17, 15) is 81.7 Å². The van der Waals surface area contributed by atoms with Crippen LogP contribution in [0.4, 0.5) is 0 Å². The van der Waals surface area contributed by atoms with E-state index in [1.807, 2.05) is 6.92 Å². The first-order valence-electron chi connectivity index (χ1n) is 29.9. The fourth-order valence-corrected chi connectivity index (χ4v) is 16.4. The third-order valence-electron chi connectivity index (χ3n) is 21.2. The third kappa shape index (κ3) is 12.1. The van der Waals surface area contributed by atoms with Crippen molar-refractivity contribution in [2.24, 2.45) is 46.3 Å². The minimum absolute atomic E-state index is 0.0166. The smallest absolute Gasteiger partial charge is 0.187 e. The van der Waals surface area contributed by atoms with Crippen molar-refractivity contribution in [1.82, 2.24) is 0 Å². The van der Waals surface area contributed by atoms with E-state index in [0.717, 1.165) is 57.1 Å². The topological polar surface area (TPSA) is 425 Å². The van der Waals surface area contributed by atoms with Gasteiger partial charge in [0.15, 0.2) is 31.5 Å². The highest BCUT2D eigenvalue weighted by atomic mass is 16.8. The molecule has 5 saturated heterocycles. The first-order valence-corrected chi connectivity index (χ1v) is 29.9. The van der Waals surface area contributed by atoms with Gasteiger partial charge in [0, 0.05) is 12.3 Å². The number of fused-ring (bicyclic) bond motifs is 7. The lowest BCUT2D eigenvalue weighted by atomic mass is 9.44. The van der Waals surface area contributed by atoms with Crippen molar-refractivity contribution in [3.05, 3.63) is 11.3 Å². The van der Waals surface area contributed by atoms with E-state index in [2.05, 4.69) is 20.8 Å². The highest BCUT2D eigenvalue weighted by molar-refractivity contribution is 5.27. The quantitative estimate of drug-likeness (QED) is 0.0575. The normalized spacial score (nSPS) is 53.2. The molecular formula is C56H92O27. The van der Waals surface area contributed by atoms with Crippen LogP contribution in [-0.4, -0.2) is 281 Å². The molecule has 0 bridgehead atoms. The Hall–Kier alpha value is -1.50. The number of hydrogen-bond donors (Lipinski definition) is 16. The van der Waals surface area contributed by atoms with Crippen LogP contribution in [0.2, 0.25) is 0 Å². The maximum absolute atomic E-state index is 11.9. The molecule has 27 nitrogen and oxygen atoms in total. The van der Waals surface area contributed by atoms with Crippen molar-refractivity contribution >= 4 is 0 Å². The molecule has 10 rings (SSSR count). The Morgan fingerprint density at radius 3 is 1.75 bits per heavy atom. The lowest BCUT2D eigenvalue weighted by molar-refractivity contribution is -0.404. The summed E-state index contributed by atoms with van der Waals surface area (Å²) in [6, 6.07) is 0. The lowest BCUT2D eigenvalue weighted by Crippen LogP contribution is -2.68. The minimum Gasteiger partial charge on any atom is -0.494 e. The first kappa shape index (κ1) is 64.5. The molecule has 0 aromatic carbocycles. The van der Waals surface area contributed by atoms with Crippen molar-refractivity contribution in [3.8, 4) is 0 Å². The van der Waals surface area contributed by atoms with Crippen LogP contribution < -0.4 is 0 Å². The predicted molar refractivity (Wildman–Crippen MR) is 277 cm³/mol. The Bertz CT molecular complexity index is 2160. The molecule has 83 heavy (non-hydrogen) atoms. The molecule has 4 saturated carbocycles. The summed E-state index contributed by atoms with van der Waals surface area (Å²) < 4.78 is 66.1. The lowest BCUT2D eigenvalue weighted by Gasteiger charge is -2.61. The van der Waals surface area contributed by atoms with E-state index < -0.39 is 180 Å². The van der Waals surface area contributed by atoms with Crippen molar-refractivity contribution in [2.75, 3.05) is 39.6 Å². The van der Waals surface area contributed by atoms with Gasteiger partial charge < -0.3 is 134 Å². The Balaban J connectivity index is 0.762. The summed E-state index contributed by atoms with van der Waals surface area (Å²) in [5.41, 5.74) is 1.40. The van der Waals surface area contributed by atoms with Crippen LogP contribution in [0.25, 0.3) is 0 Å². The first-order chi connectivity index (χ1) is 39.5. The van der Waals surface area contributed by atoms with Gasteiger partial charge in [0.1, 0.15) is 122 Å². The second kappa shape index (κ2) is 26.1. The molecule has 34 atom stereocenters. The number of ether oxygens (including phenoxy) is 11. The Labute approximate surface area is 481 Å². The maximum Gasteiger partial charge on any atom is 0.187 e. The summed E-state index contributed by atoms with van der Waals surface area (Å²) >= 11 is 0. The molecule has 9 fully saturated rings. The van der Waals surface area contributed by atoms with E-state index in [-0.39, 0.29) is 35.6 Å². The molecule has 27 heteroatoms. The fourth-order valence-electron chi connectivity index (χ4n) is 16.4. The largest absolute Gasteiger partial charge is 0.494 e. The zero-order valence-corrected chi connectivity index (χ0v) is 47.4. The number of aliphatic hydroxyl groups excluding tert-OH is 16. The highest BCUT2D eigenvalue weighted by Gasteiger charge is 2.65. The maximum atomic E-state index is 11.9. The van der Waals surface area contributed by atoms with E-state index in [1.54, 1.807) is 0 Å². The molecular weight excluding hydrogens is 1100 g/mol. The average molecular weight is 1200 g/mol. The number of allylic oxidation sites excluding steroid dienone is 1. The van der Waals surface area contributed by atoms with Crippen LogP contribution >= 0.6 is 0 Å². The molecule has 6 aliphatic heterocycles. The molecule has 34 unspecified atom stereocenters. The summed E-state index contributed by atoms with van der Waals surface area (Å²) in [5.74, 6) is 3.17. The second-order valence-electron chi connectivity index (χ2n) is 26.1. The summed E-state index contributed by atoms with van der Waals surface area (Å²) in [7, 11) is 0. The van der Waals surface area contributed by atoms with Gasteiger partial charge in [-0.15, -0.1) is 0 Å². The van der Waals surface area contributed by atoms with Crippen molar-refractivity contribution < 1.29 is 134 Å². The summed E-state index contributed by atoms with van der Waals surface area (Å²) in [5, 5.41) is 170. The molecule has 4 aliphatic carbocycles. The number of rotatable bonds is 18.